The van der Waals surface area contributed by atoms with Gasteiger partial charge in [0.25, 0.3) is 5.56 Å². The van der Waals surface area contributed by atoms with Crippen molar-refractivity contribution < 1.29 is 0 Å². The third kappa shape index (κ3) is 2.66. The summed E-state index contributed by atoms with van der Waals surface area (Å²) in [5.41, 5.74) is 0.262. The zero-order valence-electron chi connectivity index (χ0n) is 13.3. The highest BCUT2D eigenvalue weighted by molar-refractivity contribution is 5.70. The van der Waals surface area contributed by atoms with Crippen LogP contribution < -0.4 is 11.2 Å². The fourth-order valence-corrected chi connectivity index (χ4v) is 2.92. The number of rotatable bonds is 6. The Bertz CT molecular complexity index is 732. The second kappa shape index (κ2) is 6.28. The van der Waals surface area contributed by atoms with Gasteiger partial charge in [0.05, 0.1) is 0 Å². The Morgan fingerprint density at radius 1 is 1.14 bits per heavy atom. The Morgan fingerprint density at radius 2 is 1.76 bits per heavy atom. The van der Waals surface area contributed by atoms with Gasteiger partial charge >= 0.3 is 5.69 Å². The van der Waals surface area contributed by atoms with E-state index in [1.54, 1.807) is 0 Å². The summed E-state index contributed by atoms with van der Waals surface area (Å²) in [6.45, 7) is 6.32. The number of imidazole rings is 1. The van der Waals surface area contributed by atoms with E-state index in [4.69, 9.17) is 0 Å². The molecule has 0 radical (unpaired) electrons. The van der Waals surface area contributed by atoms with E-state index in [-0.39, 0.29) is 11.6 Å². The molecule has 21 heavy (non-hydrogen) atoms. The summed E-state index contributed by atoms with van der Waals surface area (Å²) in [6.07, 6.45) is 4.86. The summed E-state index contributed by atoms with van der Waals surface area (Å²) in [5.74, 6) is 0.871. The number of H-pyrrole nitrogens is 1. The highest BCUT2D eigenvalue weighted by Crippen LogP contribution is 2.25. The van der Waals surface area contributed by atoms with Gasteiger partial charge in [0.15, 0.2) is 11.2 Å². The van der Waals surface area contributed by atoms with Gasteiger partial charge in [-0.05, 0) is 12.8 Å². The third-order valence-electron chi connectivity index (χ3n) is 3.95. The molecular formula is C15H24N4O2. The van der Waals surface area contributed by atoms with E-state index in [1.807, 2.05) is 6.92 Å². The molecule has 2 rings (SSSR count). The molecule has 0 spiro atoms. The van der Waals surface area contributed by atoms with Crippen molar-refractivity contribution in [1.29, 1.82) is 0 Å². The summed E-state index contributed by atoms with van der Waals surface area (Å²) < 4.78 is 3.18. The van der Waals surface area contributed by atoms with Gasteiger partial charge < -0.3 is 4.57 Å². The SMILES string of the molecule is CCCC(CCC)n1c(CC)nc2[nH]c(=O)n(C)c(=O)c21. The number of fused-ring (bicyclic) bond motifs is 1. The van der Waals surface area contributed by atoms with Gasteiger partial charge in [0, 0.05) is 19.5 Å². The van der Waals surface area contributed by atoms with E-state index in [2.05, 4.69) is 28.4 Å². The second-order valence-electron chi connectivity index (χ2n) is 5.47. The van der Waals surface area contributed by atoms with Crippen LogP contribution in [-0.4, -0.2) is 19.1 Å². The summed E-state index contributed by atoms with van der Waals surface area (Å²) in [6, 6.07) is 0.263. The minimum absolute atomic E-state index is 0.263. The molecule has 2 aromatic heterocycles. The van der Waals surface area contributed by atoms with Crippen LogP contribution in [0.2, 0.25) is 0 Å². The highest BCUT2D eigenvalue weighted by atomic mass is 16.2. The van der Waals surface area contributed by atoms with E-state index in [0.29, 0.717) is 11.2 Å². The van der Waals surface area contributed by atoms with Crippen molar-refractivity contribution in [2.45, 2.75) is 58.9 Å². The molecule has 116 valence electrons. The maximum atomic E-state index is 12.5. The molecule has 0 aliphatic rings. The van der Waals surface area contributed by atoms with Crippen molar-refractivity contribution in [2.75, 3.05) is 0 Å². The van der Waals surface area contributed by atoms with Crippen molar-refractivity contribution in [3.05, 3.63) is 26.7 Å². The maximum Gasteiger partial charge on any atom is 0.329 e. The second-order valence-corrected chi connectivity index (χ2v) is 5.47. The lowest BCUT2D eigenvalue weighted by Crippen LogP contribution is -2.33. The molecule has 2 aromatic rings. The van der Waals surface area contributed by atoms with Crippen molar-refractivity contribution in [3.63, 3.8) is 0 Å². The summed E-state index contributed by atoms with van der Waals surface area (Å²) in [7, 11) is 1.50. The molecule has 0 saturated carbocycles. The largest absolute Gasteiger partial charge is 0.329 e. The number of aromatic nitrogens is 4. The standard InChI is InChI=1S/C15H24N4O2/c1-5-8-10(9-6-2)19-11(7-3)16-13-12(19)14(20)18(4)15(21)17-13/h10H,5-9H2,1-4H3,(H,17,21). The predicted octanol–water partition coefficient (Wildman–Crippen LogP) is 2.13. The molecule has 0 fully saturated rings. The minimum Gasteiger partial charge on any atom is -0.319 e. The van der Waals surface area contributed by atoms with Crippen LogP contribution in [0.3, 0.4) is 0 Å². The Labute approximate surface area is 123 Å². The average Bonchev–Trinajstić information content (AvgIpc) is 2.83. The van der Waals surface area contributed by atoms with Crippen molar-refractivity contribution in [2.24, 2.45) is 7.05 Å². The Morgan fingerprint density at radius 3 is 2.29 bits per heavy atom. The molecule has 0 atom stereocenters. The average molecular weight is 292 g/mol. The zero-order valence-corrected chi connectivity index (χ0v) is 13.3. The number of aryl methyl sites for hydroxylation is 1. The zero-order chi connectivity index (χ0) is 15.6. The number of nitrogens with one attached hydrogen (secondary N) is 1. The van der Waals surface area contributed by atoms with E-state index in [9.17, 15) is 9.59 Å². The monoisotopic (exact) mass is 292 g/mol. The number of hydrogen-bond donors (Lipinski definition) is 1. The van der Waals surface area contributed by atoms with Crippen LogP contribution in [0.25, 0.3) is 11.2 Å². The molecule has 6 nitrogen and oxygen atoms in total. The van der Waals surface area contributed by atoms with Gasteiger partial charge in [-0.1, -0.05) is 33.6 Å². The van der Waals surface area contributed by atoms with Crippen LogP contribution in [0.15, 0.2) is 9.59 Å². The molecular weight excluding hydrogens is 268 g/mol. The topological polar surface area (TPSA) is 72.7 Å². The van der Waals surface area contributed by atoms with Crippen LogP contribution in [0.1, 0.15) is 58.3 Å². The minimum atomic E-state index is -0.415. The van der Waals surface area contributed by atoms with E-state index >= 15 is 0 Å². The van der Waals surface area contributed by atoms with Gasteiger partial charge in [-0.25, -0.2) is 9.78 Å². The lowest BCUT2D eigenvalue weighted by atomic mass is 10.1. The highest BCUT2D eigenvalue weighted by Gasteiger charge is 2.21. The fraction of sp³-hybridized carbons (Fsp3) is 0.667. The molecule has 0 aliphatic carbocycles. The van der Waals surface area contributed by atoms with Crippen LogP contribution >= 0.6 is 0 Å². The number of nitrogens with zero attached hydrogens (tertiary/aromatic N) is 3. The van der Waals surface area contributed by atoms with Crippen molar-refractivity contribution >= 4 is 11.2 Å². The summed E-state index contributed by atoms with van der Waals surface area (Å²) in [5, 5.41) is 0. The smallest absolute Gasteiger partial charge is 0.319 e. The molecule has 0 aliphatic heterocycles. The predicted molar refractivity (Wildman–Crippen MR) is 83.8 cm³/mol. The fourth-order valence-electron chi connectivity index (χ4n) is 2.92. The molecule has 0 saturated heterocycles. The van der Waals surface area contributed by atoms with Gasteiger partial charge in [-0.15, -0.1) is 0 Å². The third-order valence-corrected chi connectivity index (χ3v) is 3.95. The van der Waals surface area contributed by atoms with Crippen LogP contribution in [0, 0.1) is 0 Å². The molecule has 1 N–H and O–H groups in total. The summed E-state index contributed by atoms with van der Waals surface area (Å²) in [4.78, 5) is 31.4. The molecule has 0 amide bonds. The molecule has 0 unspecified atom stereocenters. The first-order valence-corrected chi connectivity index (χ1v) is 7.75. The van der Waals surface area contributed by atoms with Crippen molar-refractivity contribution in [3.8, 4) is 0 Å². The van der Waals surface area contributed by atoms with Gasteiger partial charge in [-0.2, -0.15) is 0 Å². The van der Waals surface area contributed by atoms with Gasteiger partial charge in [0.2, 0.25) is 0 Å². The van der Waals surface area contributed by atoms with Crippen molar-refractivity contribution in [1.82, 2.24) is 19.1 Å². The first kappa shape index (κ1) is 15.5. The quantitative estimate of drug-likeness (QED) is 0.886. The van der Waals surface area contributed by atoms with Gasteiger partial charge in [-0.3, -0.25) is 14.3 Å². The lowest BCUT2D eigenvalue weighted by molar-refractivity contribution is 0.423. The van der Waals surface area contributed by atoms with E-state index in [0.717, 1.165) is 42.5 Å². The number of hydrogen-bond acceptors (Lipinski definition) is 3. The molecule has 6 heteroatoms. The van der Waals surface area contributed by atoms with E-state index < -0.39 is 5.69 Å². The molecule has 0 aromatic carbocycles. The van der Waals surface area contributed by atoms with Crippen LogP contribution in [0.5, 0.6) is 0 Å². The first-order chi connectivity index (χ1) is 10.0. The number of aromatic amines is 1. The Hall–Kier alpha value is -1.85. The molecule has 2 heterocycles. The van der Waals surface area contributed by atoms with Gasteiger partial charge in [0.1, 0.15) is 5.82 Å². The maximum absolute atomic E-state index is 12.5. The lowest BCUT2D eigenvalue weighted by Gasteiger charge is -2.20. The normalized spacial score (nSPS) is 11.7. The van der Waals surface area contributed by atoms with Crippen LogP contribution in [-0.2, 0) is 13.5 Å². The summed E-state index contributed by atoms with van der Waals surface area (Å²) >= 11 is 0. The molecule has 0 bridgehead atoms. The first-order valence-electron chi connectivity index (χ1n) is 7.75. The Kier molecular flexibility index (Phi) is 4.65. The van der Waals surface area contributed by atoms with Crippen LogP contribution in [0.4, 0.5) is 0 Å². The van der Waals surface area contributed by atoms with E-state index in [1.165, 1.54) is 7.05 Å². The Balaban J connectivity index is 2.78.